The molecular weight excluding hydrogens is 350 g/mol. The predicted octanol–water partition coefficient (Wildman–Crippen LogP) is 2.44. The summed E-state index contributed by atoms with van der Waals surface area (Å²) in [5.41, 5.74) is 0.913. The van der Waals surface area contributed by atoms with Gasteiger partial charge in [-0.25, -0.2) is 0 Å². The van der Waals surface area contributed by atoms with Gasteiger partial charge in [0.1, 0.15) is 0 Å². The first-order chi connectivity index (χ1) is 12.2. The van der Waals surface area contributed by atoms with Gasteiger partial charge >= 0.3 is 0 Å². The largest absolute Gasteiger partial charge is 0.341 e. The molecule has 0 radical (unpaired) electrons. The number of benzene rings is 2. The Morgan fingerprint density at radius 2 is 1.85 bits per heavy atom. The second-order valence-electron chi connectivity index (χ2n) is 6.83. The van der Waals surface area contributed by atoms with Crippen molar-refractivity contribution < 1.29 is 9.59 Å². The fraction of sp³-hybridized carbons (Fsp3) is 0.400. The molecule has 0 aliphatic carbocycles. The molecule has 138 valence electrons. The second kappa shape index (κ2) is 8.06. The molecule has 2 aromatic carbocycles. The highest BCUT2D eigenvalue weighted by Crippen LogP contribution is 2.32. The van der Waals surface area contributed by atoms with E-state index >= 15 is 0 Å². The van der Waals surface area contributed by atoms with Gasteiger partial charge in [0.15, 0.2) is 0 Å². The number of rotatable bonds is 2. The van der Waals surface area contributed by atoms with Crippen LogP contribution >= 0.6 is 12.4 Å². The molecule has 2 heterocycles. The smallest absolute Gasteiger partial charge is 0.228 e. The summed E-state index contributed by atoms with van der Waals surface area (Å²) in [5.74, 6) is -0.0630. The SMILES string of the molecule is Cl.O=C(C1CC(=O)N(c2cccc3ccccc23)C1)N1CCCNCC1. The third-order valence-electron chi connectivity index (χ3n) is 5.18. The number of anilines is 1. The van der Waals surface area contributed by atoms with Gasteiger partial charge in [-0.05, 0) is 24.4 Å². The molecular formula is C20H24ClN3O2. The Morgan fingerprint density at radius 1 is 1.04 bits per heavy atom. The first-order valence-corrected chi connectivity index (χ1v) is 9.01. The number of carbonyl (C=O) groups excluding carboxylic acids is 2. The van der Waals surface area contributed by atoms with Crippen molar-refractivity contribution in [3.63, 3.8) is 0 Å². The first-order valence-electron chi connectivity index (χ1n) is 9.01. The number of hydrogen-bond acceptors (Lipinski definition) is 3. The van der Waals surface area contributed by atoms with E-state index in [2.05, 4.69) is 5.32 Å². The number of nitrogens with zero attached hydrogens (tertiary/aromatic N) is 2. The predicted molar refractivity (Wildman–Crippen MR) is 106 cm³/mol. The molecule has 2 saturated heterocycles. The van der Waals surface area contributed by atoms with Crippen LogP contribution in [0.3, 0.4) is 0 Å². The lowest BCUT2D eigenvalue weighted by Gasteiger charge is -2.24. The summed E-state index contributed by atoms with van der Waals surface area (Å²) in [6.07, 6.45) is 1.28. The maximum Gasteiger partial charge on any atom is 0.228 e. The molecule has 0 aromatic heterocycles. The van der Waals surface area contributed by atoms with Crippen LogP contribution in [0.5, 0.6) is 0 Å². The lowest BCUT2D eigenvalue weighted by atomic mass is 10.1. The Balaban J connectivity index is 0.00000196. The summed E-state index contributed by atoms with van der Waals surface area (Å²) in [6, 6.07) is 14.1. The molecule has 2 aliphatic heterocycles. The molecule has 0 saturated carbocycles. The van der Waals surface area contributed by atoms with E-state index in [4.69, 9.17) is 0 Å². The lowest BCUT2D eigenvalue weighted by molar-refractivity contribution is -0.135. The quantitative estimate of drug-likeness (QED) is 0.879. The normalized spacial score (nSPS) is 20.8. The monoisotopic (exact) mass is 373 g/mol. The first kappa shape index (κ1) is 18.7. The molecule has 1 unspecified atom stereocenters. The molecule has 2 aromatic rings. The summed E-state index contributed by atoms with van der Waals surface area (Å²) in [7, 11) is 0. The van der Waals surface area contributed by atoms with Crippen molar-refractivity contribution in [2.24, 2.45) is 5.92 Å². The van der Waals surface area contributed by atoms with Crippen molar-refractivity contribution in [2.45, 2.75) is 12.8 Å². The third kappa shape index (κ3) is 3.55. The summed E-state index contributed by atoms with van der Waals surface area (Å²) < 4.78 is 0. The number of nitrogens with one attached hydrogen (secondary N) is 1. The molecule has 0 bridgehead atoms. The van der Waals surface area contributed by atoms with Gasteiger partial charge in [0, 0.05) is 38.0 Å². The minimum Gasteiger partial charge on any atom is -0.341 e. The van der Waals surface area contributed by atoms with Gasteiger partial charge in [-0.1, -0.05) is 36.4 Å². The average molecular weight is 374 g/mol. The van der Waals surface area contributed by atoms with Crippen LogP contribution in [0.2, 0.25) is 0 Å². The highest BCUT2D eigenvalue weighted by Gasteiger charge is 2.37. The minimum atomic E-state index is -0.232. The van der Waals surface area contributed by atoms with Crippen molar-refractivity contribution in [1.29, 1.82) is 0 Å². The van der Waals surface area contributed by atoms with E-state index in [-0.39, 0.29) is 30.1 Å². The molecule has 2 aliphatic rings. The van der Waals surface area contributed by atoms with Crippen molar-refractivity contribution in [3.05, 3.63) is 42.5 Å². The van der Waals surface area contributed by atoms with E-state index in [1.54, 1.807) is 4.90 Å². The van der Waals surface area contributed by atoms with E-state index in [1.165, 1.54) is 0 Å². The number of amides is 2. The van der Waals surface area contributed by atoms with Crippen LogP contribution in [0.25, 0.3) is 10.8 Å². The van der Waals surface area contributed by atoms with Crippen LogP contribution in [0.1, 0.15) is 12.8 Å². The van der Waals surface area contributed by atoms with Gasteiger partial charge in [-0.3, -0.25) is 9.59 Å². The Morgan fingerprint density at radius 3 is 2.73 bits per heavy atom. The Kier molecular flexibility index (Phi) is 5.79. The van der Waals surface area contributed by atoms with Crippen molar-refractivity contribution in [2.75, 3.05) is 37.6 Å². The van der Waals surface area contributed by atoms with Gasteiger partial charge in [0.05, 0.1) is 11.6 Å². The number of carbonyl (C=O) groups is 2. The summed E-state index contributed by atoms with van der Waals surface area (Å²) in [5, 5.41) is 5.49. The van der Waals surface area contributed by atoms with Gasteiger partial charge in [-0.15, -0.1) is 12.4 Å². The molecule has 0 spiro atoms. The van der Waals surface area contributed by atoms with E-state index in [0.29, 0.717) is 13.0 Å². The lowest BCUT2D eigenvalue weighted by Crippen LogP contribution is -2.39. The van der Waals surface area contributed by atoms with Gasteiger partial charge in [0.25, 0.3) is 0 Å². The highest BCUT2D eigenvalue weighted by atomic mass is 35.5. The van der Waals surface area contributed by atoms with Crippen molar-refractivity contribution >= 4 is 40.7 Å². The summed E-state index contributed by atoms with van der Waals surface area (Å²) in [4.78, 5) is 29.2. The van der Waals surface area contributed by atoms with Crippen LogP contribution in [0.4, 0.5) is 5.69 Å². The van der Waals surface area contributed by atoms with Gasteiger partial charge in [-0.2, -0.15) is 0 Å². The van der Waals surface area contributed by atoms with Crippen LogP contribution in [-0.4, -0.2) is 49.4 Å². The van der Waals surface area contributed by atoms with Crippen LogP contribution in [-0.2, 0) is 9.59 Å². The van der Waals surface area contributed by atoms with E-state index in [0.717, 1.165) is 49.1 Å². The van der Waals surface area contributed by atoms with E-state index in [1.807, 2.05) is 47.4 Å². The summed E-state index contributed by atoms with van der Waals surface area (Å²) in [6.45, 7) is 3.78. The van der Waals surface area contributed by atoms with Crippen molar-refractivity contribution in [1.82, 2.24) is 10.2 Å². The fourth-order valence-corrected chi connectivity index (χ4v) is 3.87. The Labute approximate surface area is 159 Å². The second-order valence-corrected chi connectivity index (χ2v) is 6.83. The van der Waals surface area contributed by atoms with Gasteiger partial charge in [0.2, 0.25) is 11.8 Å². The maximum absolute atomic E-state index is 12.9. The number of hydrogen-bond donors (Lipinski definition) is 1. The van der Waals surface area contributed by atoms with Gasteiger partial charge < -0.3 is 15.1 Å². The molecule has 5 nitrogen and oxygen atoms in total. The molecule has 4 rings (SSSR count). The topological polar surface area (TPSA) is 52.7 Å². The third-order valence-corrected chi connectivity index (χ3v) is 5.18. The zero-order chi connectivity index (χ0) is 17.2. The highest BCUT2D eigenvalue weighted by molar-refractivity contribution is 6.07. The molecule has 2 fully saturated rings. The number of halogens is 1. The molecule has 6 heteroatoms. The van der Waals surface area contributed by atoms with Crippen molar-refractivity contribution in [3.8, 4) is 0 Å². The van der Waals surface area contributed by atoms with E-state index < -0.39 is 0 Å². The Bertz CT molecular complexity index is 797. The Hall–Kier alpha value is -2.11. The molecule has 26 heavy (non-hydrogen) atoms. The minimum absolute atomic E-state index is 0. The van der Waals surface area contributed by atoms with Crippen LogP contribution in [0, 0.1) is 5.92 Å². The molecule has 1 atom stereocenters. The fourth-order valence-electron chi connectivity index (χ4n) is 3.87. The molecule has 2 amide bonds. The number of fused-ring (bicyclic) bond motifs is 1. The van der Waals surface area contributed by atoms with Crippen LogP contribution < -0.4 is 10.2 Å². The van der Waals surface area contributed by atoms with Crippen LogP contribution in [0.15, 0.2) is 42.5 Å². The maximum atomic E-state index is 12.9. The zero-order valence-corrected chi connectivity index (χ0v) is 15.5. The zero-order valence-electron chi connectivity index (χ0n) is 14.7. The van der Waals surface area contributed by atoms with E-state index in [9.17, 15) is 9.59 Å². The average Bonchev–Trinajstić information content (AvgIpc) is 2.85. The molecule has 1 N–H and O–H groups in total. The standard InChI is InChI=1S/C20H23N3O2.ClH/c24-19-13-16(20(25)22-11-4-9-21-10-12-22)14-23(19)18-8-3-6-15-5-1-2-7-17(15)18;/h1-3,5-8,16,21H,4,9-14H2;1H. The summed E-state index contributed by atoms with van der Waals surface area (Å²) >= 11 is 0.